The van der Waals surface area contributed by atoms with E-state index in [0.717, 1.165) is 50.4 Å². The Morgan fingerprint density at radius 2 is 1.04 bits per heavy atom. The van der Waals surface area contributed by atoms with Crippen LogP contribution in [0.25, 0.3) is 61.5 Å². The first-order valence-corrected chi connectivity index (χ1v) is 18.3. The molecule has 252 valence electrons. The molecule has 8 aromatic carbocycles. The molecule has 3 heteroatoms. The Hall–Kier alpha value is -7.28. The third-order valence-corrected chi connectivity index (χ3v) is 11.0. The van der Waals surface area contributed by atoms with Gasteiger partial charge in [-0.25, -0.2) is 4.98 Å². The van der Waals surface area contributed by atoms with Gasteiger partial charge in [-0.1, -0.05) is 158 Å². The minimum absolute atomic E-state index is 0.545. The van der Waals surface area contributed by atoms with Gasteiger partial charge in [-0.3, -0.25) is 4.57 Å². The first kappa shape index (κ1) is 31.5. The SMILES string of the molecule is N#Cc1ccccc1-c1cc2c(cc1-c1ccc(-n3c(-c4ccccc4)nc4ccccc43)cc1)C(c1ccccc1)(c1ccccc1)c1ccccc1-2. The van der Waals surface area contributed by atoms with Crippen molar-refractivity contribution in [1.29, 1.82) is 5.26 Å². The number of hydrogen-bond acceptors (Lipinski definition) is 2. The molecule has 0 N–H and O–H groups in total. The lowest BCUT2D eigenvalue weighted by atomic mass is 9.67. The molecule has 0 unspecified atom stereocenters. The summed E-state index contributed by atoms with van der Waals surface area (Å²) in [6, 6.07) is 73.2. The summed E-state index contributed by atoms with van der Waals surface area (Å²) in [5.74, 6) is 0.902. The van der Waals surface area contributed by atoms with Gasteiger partial charge in [-0.15, -0.1) is 0 Å². The van der Waals surface area contributed by atoms with Crippen molar-refractivity contribution in [2.45, 2.75) is 5.41 Å². The number of rotatable bonds is 6. The van der Waals surface area contributed by atoms with Crippen molar-refractivity contribution in [3.8, 4) is 56.5 Å². The first-order chi connectivity index (χ1) is 26.8. The van der Waals surface area contributed by atoms with Crippen molar-refractivity contribution in [3.63, 3.8) is 0 Å². The standard InChI is InChI=1S/C51H33N3/c52-34-37-18-10-11-23-41(37)44-32-45-42-24-12-13-25-46(42)51(38-19-6-2-7-20-38,39-21-8-3-9-22-39)47(45)33-43(44)35-28-30-40(31-29-35)54-49-27-15-14-26-48(49)53-50(54)36-16-4-1-5-17-36/h1-33H. The van der Waals surface area contributed by atoms with E-state index < -0.39 is 5.41 Å². The van der Waals surface area contributed by atoms with Crippen LogP contribution in [0.5, 0.6) is 0 Å². The van der Waals surface area contributed by atoms with Gasteiger partial charge in [0.2, 0.25) is 0 Å². The topological polar surface area (TPSA) is 41.6 Å². The molecule has 0 amide bonds. The zero-order valence-electron chi connectivity index (χ0n) is 29.4. The molecule has 54 heavy (non-hydrogen) atoms. The molecule has 10 rings (SSSR count). The van der Waals surface area contributed by atoms with Gasteiger partial charge in [0.15, 0.2) is 0 Å². The van der Waals surface area contributed by atoms with E-state index in [1.165, 1.54) is 33.4 Å². The molecule has 0 fully saturated rings. The van der Waals surface area contributed by atoms with Gasteiger partial charge in [-0.05, 0) is 92.5 Å². The van der Waals surface area contributed by atoms with E-state index in [1.54, 1.807) is 0 Å². The Morgan fingerprint density at radius 1 is 0.444 bits per heavy atom. The second-order valence-corrected chi connectivity index (χ2v) is 13.8. The summed E-state index contributed by atoms with van der Waals surface area (Å²) in [5, 5.41) is 10.4. The minimum Gasteiger partial charge on any atom is -0.292 e. The largest absolute Gasteiger partial charge is 0.292 e. The molecule has 0 saturated carbocycles. The van der Waals surface area contributed by atoms with E-state index in [9.17, 15) is 5.26 Å². The first-order valence-electron chi connectivity index (χ1n) is 18.3. The van der Waals surface area contributed by atoms with Gasteiger partial charge < -0.3 is 0 Å². The summed E-state index contributed by atoms with van der Waals surface area (Å²) >= 11 is 0. The Balaban J connectivity index is 1.24. The molecule has 1 aromatic heterocycles. The van der Waals surface area contributed by atoms with Crippen LogP contribution in [-0.2, 0) is 5.41 Å². The Bertz CT molecular complexity index is 2820. The second kappa shape index (κ2) is 12.7. The Labute approximate surface area is 314 Å². The third-order valence-electron chi connectivity index (χ3n) is 11.0. The van der Waals surface area contributed by atoms with E-state index in [0.29, 0.717) is 5.56 Å². The van der Waals surface area contributed by atoms with Crippen LogP contribution >= 0.6 is 0 Å². The molecule has 1 aliphatic rings. The highest BCUT2D eigenvalue weighted by Gasteiger charge is 2.46. The number of fused-ring (bicyclic) bond motifs is 4. The molecule has 0 bridgehead atoms. The smallest absolute Gasteiger partial charge is 0.145 e. The van der Waals surface area contributed by atoms with Crippen molar-refractivity contribution in [2.24, 2.45) is 0 Å². The van der Waals surface area contributed by atoms with Crippen molar-refractivity contribution in [2.75, 3.05) is 0 Å². The monoisotopic (exact) mass is 687 g/mol. The molecule has 1 aliphatic carbocycles. The summed E-state index contributed by atoms with van der Waals surface area (Å²) in [5.41, 5.74) is 15.6. The van der Waals surface area contributed by atoms with Crippen molar-refractivity contribution in [1.82, 2.24) is 9.55 Å². The molecule has 0 radical (unpaired) electrons. The van der Waals surface area contributed by atoms with Crippen LogP contribution < -0.4 is 0 Å². The van der Waals surface area contributed by atoms with Crippen molar-refractivity contribution < 1.29 is 0 Å². The molecule has 1 heterocycles. The molecule has 3 nitrogen and oxygen atoms in total. The highest BCUT2D eigenvalue weighted by molar-refractivity contribution is 5.96. The predicted octanol–water partition coefficient (Wildman–Crippen LogP) is 12.3. The lowest BCUT2D eigenvalue weighted by molar-refractivity contribution is 0.769. The number of para-hydroxylation sites is 2. The van der Waals surface area contributed by atoms with Gasteiger partial charge >= 0.3 is 0 Å². The molecular formula is C51H33N3. The van der Waals surface area contributed by atoms with Crippen LogP contribution in [0.3, 0.4) is 0 Å². The third kappa shape index (κ3) is 4.78. The zero-order valence-corrected chi connectivity index (χ0v) is 29.4. The Morgan fingerprint density at radius 3 is 1.74 bits per heavy atom. The van der Waals surface area contributed by atoms with Gasteiger partial charge in [-0.2, -0.15) is 5.26 Å². The number of nitrogens with zero attached hydrogens (tertiary/aromatic N) is 3. The lowest BCUT2D eigenvalue weighted by Crippen LogP contribution is -2.28. The average Bonchev–Trinajstić information content (AvgIpc) is 3.78. The number of hydrogen-bond donors (Lipinski definition) is 0. The molecule has 0 aliphatic heterocycles. The molecular weight excluding hydrogens is 655 g/mol. The highest BCUT2D eigenvalue weighted by atomic mass is 15.1. The van der Waals surface area contributed by atoms with E-state index in [1.807, 2.05) is 30.3 Å². The van der Waals surface area contributed by atoms with E-state index in [4.69, 9.17) is 4.98 Å². The highest BCUT2D eigenvalue weighted by Crippen LogP contribution is 2.58. The van der Waals surface area contributed by atoms with Crippen LogP contribution in [-0.4, -0.2) is 9.55 Å². The van der Waals surface area contributed by atoms with Crippen LogP contribution in [0.4, 0.5) is 0 Å². The quantitative estimate of drug-likeness (QED) is 0.175. The number of aromatic nitrogens is 2. The molecule has 9 aromatic rings. The van der Waals surface area contributed by atoms with E-state index >= 15 is 0 Å². The minimum atomic E-state index is -0.545. The summed E-state index contributed by atoms with van der Waals surface area (Å²) in [7, 11) is 0. The van der Waals surface area contributed by atoms with Crippen molar-refractivity contribution in [3.05, 3.63) is 228 Å². The second-order valence-electron chi connectivity index (χ2n) is 13.8. The summed E-state index contributed by atoms with van der Waals surface area (Å²) in [6.45, 7) is 0. The number of nitriles is 1. The van der Waals surface area contributed by atoms with Crippen LogP contribution in [0.1, 0.15) is 27.8 Å². The number of benzene rings is 8. The Kier molecular flexibility index (Phi) is 7.42. The maximum absolute atomic E-state index is 10.4. The lowest BCUT2D eigenvalue weighted by Gasteiger charge is -2.34. The summed E-state index contributed by atoms with van der Waals surface area (Å²) < 4.78 is 2.25. The maximum atomic E-state index is 10.4. The fourth-order valence-corrected chi connectivity index (χ4v) is 8.62. The van der Waals surface area contributed by atoms with Crippen molar-refractivity contribution >= 4 is 11.0 Å². The fraction of sp³-hybridized carbons (Fsp3) is 0.0196. The van der Waals surface area contributed by atoms with Crippen LogP contribution in [0, 0.1) is 11.3 Å². The fourth-order valence-electron chi connectivity index (χ4n) is 8.62. The van der Waals surface area contributed by atoms with Gasteiger partial charge in [0.05, 0.1) is 28.1 Å². The van der Waals surface area contributed by atoms with Gasteiger partial charge in [0.1, 0.15) is 5.82 Å². The number of imidazole rings is 1. The normalized spacial score (nSPS) is 12.6. The average molecular weight is 688 g/mol. The van der Waals surface area contributed by atoms with Gasteiger partial charge in [0, 0.05) is 16.8 Å². The predicted molar refractivity (Wildman–Crippen MR) is 219 cm³/mol. The van der Waals surface area contributed by atoms with E-state index in [-0.39, 0.29) is 0 Å². The zero-order chi connectivity index (χ0) is 36.1. The molecule has 0 spiro atoms. The summed E-state index contributed by atoms with van der Waals surface area (Å²) in [6.07, 6.45) is 0. The van der Waals surface area contributed by atoms with Crippen LogP contribution in [0.15, 0.2) is 200 Å². The molecule has 0 saturated heterocycles. The van der Waals surface area contributed by atoms with Crippen LogP contribution in [0.2, 0.25) is 0 Å². The van der Waals surface area contributed by atoms with E-state index in [2.05, 4.69) is 180 Å². The van der Waals surface area contributed by atoms with Gasteiger partial charge in [0.25, 0.3) is 0 Å². The maximum Gasteiger partial charge on any atom is 0.145 e. The summed E-state index contributed by atoms with van der Waals surface area (Å²) in [4.78, 5) is 5.08. The molecule has 0 atom stereocenters.